The molecule has 4 nitrogen and oxygen atoms in total. The van der Waals surface area contributed by atoms with E-state index in [4.69, 9.17) is 13.9 Å². The average Bonchev–Trinajstić information content (AvgIpc) is 2.78. The SMILES string of the molecule is COC(=O)C1=CC[C@@H]2[C@@H](O[Si](C)(C)C)OC[C@H]12. The third-order valence-electron chi connectivity index (χ3n) is 3.21. The highest BCUT2D eigenvalue weighted by molar-refractivity contribution is 6.69. The average molecular weight is 256 g/mol. The molecule has 1 heterocycles. The van der Waals surface area contributed by atoms with Crippen LogP contribution in [0.25, 0.3) is 0 Å². The highest BCUT2D eigenvalue weighted by Crippen LogP contribution is 2.42. The van der Waals surface area contributed by atoms with Gasteiger partial charge in [-0.1, -0.05) is 6.08 Å². The van der Waals surface area contributed by atoms with Crippen LogP contribution in [-0.2, 0) is 18.7 Å². The Hall–Kier alpha value is -0.653. The maximum atomic E-state index is 11.6. The molecule has 2 aliphatic rings. The van der Waals surface area contributed by atoms with Gasteiger partial charge in [-0.2, -0.15) is 0 Å². The number of hydrogen-bond acceptors (Lipinski definition) is 4. The van der Waals surface area contributed by atoms with Crippen LogP contribution < -0.4 is 0 Å². The van der Waals surface area contributed by atoms with Crippen molar-refractivity contribution in [3.63, 3.8) is 0 Å². The Morgan fingerprint density at radius 2 is 2.18 bits per heavy atom. The number of allylic oxidation sites excluding steroid dienone is 1. The van der Waals surface area contributed by atoms with Gasteiger partial charge < -0.3 is 13.9 Å². The summed E-state index contributed by atoms with van der Waals surface area (Å²) in [5.41, 5.74) is 0.763. The van der Waals surface area contributed by atoms with E-state index in [2.05, 4.69) is 19.6 Å². The fourth-order valence-corrected chi connectivity index (χ4v) is 3.41. The summed E-state index contributed by atoms with van der Waals surface area (Å²) in [5, 5.41) is 0. The van der Waals surface area contributed by atoms with Gasteiger partial charge in [0.25, 0.3) is 0 Å². The monoisotopic (exact) mass is 256 g/mol. The van der Waals surface area contributed by atoms with Gasteiger partial charge in [-0.3, -0.25) is 0 Å². The number of methoxy groups -OCH3 is 1. The van der Waals surface area contributed by atoms with E-state index in [1.807, 2.05) is 6.08 Å². The lowest BCUT2D eigenvalue weighted by molar-refractivity contribution is -0.136. The van der Waals surface area contributed by atoms with Gasteiger partial charge >= 0.3 is 5.97 Å². The molecule has 0 amide bonds. The van der Waals surface area contributed by atoms with Crippen LogP contribution in [0.15, 0.2) is 11.6 Å². The van der Waals surface area contributed by atoms with Crippen LogP contribution in [0.1, 0.15) is 6.42 Å². The fraction of sp³-hybridized carbons (Fsp3) is 0.750. The molecule has 0 aromatic carbocycles. The zero-order chi connectivity index (χ0) is 12.6. The van der Waals surface area contributed by atoms with E-state index in [9.17, 15) is 4.79 Å². The molecular weight excluding hydrogens is 236 g/mol. The molecular formula is C12H20O4Si. The third-order valence-corrected chi connectivity index (χ3v) is 4.15. The number of esters is 1. The second-order valence-electron chi connectivity index (χ2n) is 5.59. The van der Waals surface area contributed by atoms with Crippen molar-refractivity contribution < 1.29 is 18.7 Å². The molecule has 1 aliphatic carbocycles. The maximum absolute atomic E-state index is 11.6. The van der Waals surface area contributed by atoms with Crippen molar-refractivity contribution in [2.45, 2.75) is 32.4 Å². The fourth-order valence-electron chi connectivity index (χ4n) is 2.47. The first kappa shape index (κ1) is 12.8. The lowest BCUT2D eigenvalue weighted by Gasteiger charge is -2.26. The van der Waals surface area contributed by atoms with E-state index in [-0.39, 0.29) is 24.1 Å². The summed E-state index contributed by atoms with van der Waals surface area (Å²) in [6.07, 6.45) is 2.68. The minimum Gasteiger partial charge on any atom is -0.466 e. The van der Waals surface area contributed by atoms with Crippen LogP contribution in [0.5, 0.6) is 0 Å². The third kappa shape index (κ3) is 2.61. The van der Waals surface area contributed by atoms with Gasteiger partial charge in [-0.25, -0.2) is 4.79 Å². The van der Waals surface area contributed by atoms with E-state index in [1.165, 1.54) is 7.11 Å². The molecule has 0 saturated carbocycles. The minimum atomic E-state index is -1.60. The van der Waals surface area contributed by atoms with E-state index in [0.717, 1.165) is 12.0 Å². The van der Waals surface area contributed by atoms with Crippen LogP contribution in [0.4, 0.5) is 0 Å². The second-order valence-corrected chi connectivity index (χ2v) is 10.0. The summed E-state index contributed by atoms with van der Waals surface area (Å²) in [5.74, 6) is 0.217. The Morgan fingerprint density at radius 1 is 1.47 bits per heavy atom. The highest BCUT2D eigenvalue weighted by atomic mass is 28.4. The van der Waals surface area contributed by atoms with Crippen molar-refractivity contribution in [2.24, 2.45) is 11.8 Å². The summed E-state index contributed by atoms with van der Waals surface area (Å²) in [6, 6.07) is 0. The number of carbonyl (C=O) groups is 1. The van der Waals surface area contributed by atoms with Gasteiger partial charge in [-0.15, -0.1) is 0 Å². The first-order valence-corrected chi connectivity index (χ1v) is 9.41. The molecule has 1 aliphatic heterocycles. The maximum Gasteiger partial charge on any atom is 0.333 e. The quantitative estimate of drug-likeness (QED) is 0.572. The molecule has 17 heavy (non-hydrogen) atoms. The van der Waals surface area contributed by atoms with Crippen molar-refractivity contribution >= 4 is 14.3 Å². The number of rotatable bonds is 3. The minimum absolute atomic E-state index is 0.148. The number of carbonyl (C=O) groups excluding carboxylic acids is 1. The standard InChI is InChI=1S/C12H20O4Si/c1-14-11(13)8-5-6-9-10(8)7-15-12(9)16-17(2,3)4/h5,9-10,12H,6-7H2,1-4H3/t9-,10+,12+/m0/s1. The van der Waals surface area contributed by atoms with Crippen molar-refractivity contribution in [1.82, 2.24) is 0 Å². The summed E-state index contributed by atoms with van der Waals surface area (Å²) < 4.78 is 16.5. The van der Waals surface area contributed by atoms with Gasteiger partial charge in [0, 0.05) is 17.4 Å². The van der Waals surface area contributed by atoms with Crippen molar-refractivity contribution in [2.75, 3.05) is 13.7 Å². The molecule has 0 aromatic heterocycles. The highest BCUT2D eigenvalue weighted by Gasteiger charge is 2.46. The number of hydrogen-bond donors (Lipinski definition) is 0. The van der Waals surface area contributed by atoms with Crippen molar-refractivity contribution in [3.8, 4) is 0 Å². The molecule has 0 aromatic rings. The smallest absolute Gasteiger partial charge is 0.333 e. The van der Waals surface area contributed by atoms with Crippen molar-refractivity contribution in [1.29, 1.82) is 0 Å². The Bertz CT molecular complexity index is 345. The molecule has 2 rings (SSSR count). The van der Waals surface area contributed by atoms with E-state index in [0.29, 0.717) is 6.61 Å². The van der Waals surface area contributed by atoms with Gasteiger partial charge in [0.15, 0.2) is 14.6 Å². The lowest BCUT2D eigenvalue weighted by Crippen LogP contribution is -2.35. The van der Waals surface area contributed by atoms with E-state index < -0.39 is 8.32 Å². The van der Waals surface area contributed by atoms with Crippen LogP contribution in [-0.4, -0.2) is 34.3 Å². The molecule has 0 N–H and O–H groups in total. The largest absolute Gasteiger partial charge is 0.466 e. The summed E-state index contributed by atoms with van der Waals surface area (Å²) in [4.78, 5) is 11.6. The summed E-state index contributed by atoms with van der Waals surface area (Å²) in [6.45, 7) is 7.01. The molecule has 96 valence electrons. The molecule has 5 heteroatoms. The first-order valence-electron chi connectivity index (χ1n) is 6.00. The topological polar surface area (TPSA) is 44.8 Å². The van der Waals surface area contributed by atoms with Crippen LogP contribution in [0.2, 0.25) is 19.6 Å². The van der Waals surface area contributed by atoms with Crippen LogP contribution in [0.3, 0.4) is 0 Å². The van der Waals surface area contributed by atoms with Gasteiger partial charge in [0.2, 0.25) is 0 Å². The second kappa shape index (κ2) is 4.55. The lowest BCUT2D eigenvalue weighted by atomic mass is 9.94. The molecule has 0 spiro atoms. The summed E-state index contributed by atoms with van der Waals surface area (Å²) >= 11 is 0. The van der Waals surface area contributed by atoms with Crippen LogP contribution in [0, 0.1) is 11.8 Å². The van der Waals surface area contributed by atoms with Gasteiger partial charge in [0.1, 0.15) is 0 Å². The number of ether oxygens (including phenoxy) is 2. The molecule has 0 bridgehead atoms. The summed E-state index contributed by atoms with van der Waals surface area (Å²) in [7, 11) is -0.185. The van der Waals surface area contributed by atoms with E-state index in [1.54, 1.807) is 0 Å². The van der Waals surface area contributed by atoms with Crippen LogP contribution >= 0.6 is 0 Å². The Labute approximate surface area is 103 Å². The normalized spacial score (nSPS) is 32.2. The van der Waals surface area contributed by atoms with Gasteiger partial charge in [-0.05, 0) is 26.1 Å². The molecule has 3 atom stereocenters. The molecule has 1 saturated heterocycles. The molecule has 0 radical (unpaired) electrons. The first-order chi connectivity index (χ1) is 7.92. The van der Waals surface area contributed by atoms with Crippen molar-refractivity contribution in [3.05, 3.63) is 11.6 Å². The molecule has 1 fully saturated rings. The Kier molecular flexibility index (Phi) is 3.42. The Morgan fingerprint density at radius 3 is 2.76 bits per heavy atom. The predicted molar refractivity (Wildman–Crippen MR) is 65.9 cm³/mol. The Balaban J connectivity index is 2.02. The van der Waals surface area contributed by atoms with Gasteiger partial charge in [0.05, 0.1) is 13.7 Å². The zero-order valence-electron chi connectivity index (χ0n) is 10.9. The van der Waals surface area contributed by atoms with E-state index >= 15 is 0 Å². The predicted octanol–water partition coefficient (Wildman–Crippen LogP) is 1.93. The number of fused-ring (bicyclic) bond motifs is 1. The zero-order valence-corrected chi connectivity index (χ0v) is 11.9. The molecule has 0 unspecified atom stereocenters.